The smallest absolute Gasteiger partial charge is 0.0671 e. The Kier molecular flexibility index (Phi) is 7.60. The van der Waals surface area contributed by atoms with Crippen LogP contribution in [0.3, 0.4) is 0 Å². The summed E-state index contributed by atoms with van der Waals surface area (Å²) in [4.78, 5) is 4.00. The van der Waals surface area contributed by atoms with E-state index in [1.54, 1.807) is 0 Å². The van der Waals surface area contributed by atoms with Gasteiger partial charge in [0, 0.05) is 25.5 Å². The number of nitrogens with one attached hydrogen (secondary N) is 1. The Morgan fingerprint density at radius 2 is 2.12 bits per heavy atom. The Hall–Kier alpha value is -0.930. The quantitative estimate of drug-likeness (QED) is 0.669. The molecule has 3 nitrogen and oxygen atoms in total. The van der Waals surface area contributed by atoms with Crippen LogP contribution in [-0.4, -0.2) is 30.8 Å². The van der Waals surface area contributed by atoms with Gasteiger partial charge >= 0.3 is 0 Å². The molecule has 0 saturated heterocycles. The van der Waals surface area contributed by atoms with E-state index < -0.39 is 0 Å². The van der Waals surface area contributed by atoms with Gasteiger partial charge in [0.25, 0.3) is 0 Å². The van der Waals surface area contributed by atoms with E-state index in [2.05, 4.69) is 36.3 Å². The highest BCUT2D eigenvalue weighted by Gasteiger charge is 2.00. The third-order valence-corrected chi connectivity index (χ3v) is 2.62. The van der Waals surface area contributed by atoms with Crippen LogP contribution in [0, 0.1) is 0 Å². The number of aryl methyl sites for hydroxylation is 1. The maximum Gasteiger partial charge on any atom is 0.0671 e. The van der Waals surface area contributed by atoms with Gasteiger partial charge in [-0.2, -0.15) is 0 Å². The van der Waals surface area contributed by atoms with E-state index in [4.69, 9.17) is 4.74 Å². The van der Waals surface area contributed by atoms with Crippen molar-refractivity contribution in [2.45, 2.75) is 39.2 Å². The molecule has 0 aliphatic rings. The topological polar surface area (TPSA) is 34.1 Å². The minimum atomic E-state index is 0.305. The van der Waals surface area contributed by atoms with E-state index in [1.807, 2.05) is 12.4 Å². The van der Waals surface area contributed by atoms with Crippen molar-refractivity contribution in [3.05, 3.63) is 30.1 Å². The first-order valence-electron chi connectivity index (χ1n) is 6.54. The molecular weight excluding hydrogens is 212 g/mol. The molecule has 0 spiro atoms. The molecule has 0 aliphatic carbocycles. The number of rotatable bonds is 9. The van der Waals surface area contributed by atoms with Crippen molar-refractivity contribution < 1.29 is 4.74 Å². The fourth-order valence-electron chi connectivity index (χ4n) is 1.65. The van der Waals surface area contributed by atoms with E-state index in [9.17, 15) is 0 Å². The second kappa shape index (κ2) is 9.14. The van der Waals surface area contributed by atoms with Crippen LogP contribution in [-0.2, 0) is 11.2 Å². The predicted molar refractivity (Wildman–Crippen MR) is 71.1 cm³/mol. The number of hydrogen-bond donors (Lipinski definition) is 1. The molecule has 1 aromatic rings. The van der Waals surface area contributed by atoms with Gasteiger partial charge in [0.1, 0.15) is 0 Å². The minimum absolute atomic E-state index is 0.305. The molecule has 3 heteroatoms. The SMILES string of the molecule is CCCNCC(C)OCCCc1ccncc1. The first-order chi connectivity index (χ1) is 8.33. The molecule has 1 N–H and O–H groups in total. The van der Waals surface area contributed by atoms with Crippen molar-refractivity contribution >= 4 is 0 Å². The molecule has 1 unspecified atom stereocenters. The standard InChI is InChI=1S/C14H24N2O/c1-3-8-16-12-13(2)17-11-4-5-14-6-9-15-10-7-14/h6-7,9-10,13,16H,3-5,8,11-12H2,1-2H3. The zero-order chi connectivity index (χ0) is 12.3. The predicted octanol–water partition coefficient (Wildman–Crippen LogP) is 2.42. The molecule has 0 amide bonds. The number of nitrogens with zero attached hydrogens (tertiary/aromatic N) is 1. The maximum absolute atomic E-state index is 5.73. The molecule has 1 aromatic heterocycles. The molecule has 1 heterocycles. The molecule has 17 heavy (non-hydrogen) atoms. The van der Waals surface area contributed by atoms with Gasteiger partial charge < -0.3 is 10.1 Å². The average molecular weight is 236 g/mol. The molecular formula is C14H24N2O. The summed E-state index contributed by atoms with van der Waals surface area (Å²) < 4.78 is 5.73. The summed E-state index contributed by atoms with van der Waals surface area (Å²) in [5.74, 6) is 0. The first-order valence-corrected chi connectivity index (χ1v) is 6.54. The molecule has 0 bridgehead atoms. The highest BCUT2D eigenvalue weighted by atomic mass is 16.5. The Morgan fingerprint density at radius 3 is 2.82 bits per heavy atom. The second-order valence-corrected chi connectivity index (χ2v) is 4.34. The molecule has 1 atom stereocenters. The first kappa shape index (κ1) is 14.1. The third kappa shape index (κ3) is 7.08. The molecule has 96 valence electrons. The highest BCUT2D eigenvalue weighted by Crippen LogP contribution is 2.01. The molecule has 0 aromatic carbocycles. The van der Waals surface area contributed by atoms with Gasteiger partial charge in [-0.3, -0.25) is 4.98 Å². The van der Waals surface area contributed by atoms with E-state index in [0.717, 1.165) is 32.5 Å². The lowest BCUT2D eigenvalue weighted by atomic mass is 10.1. The van der Waals surface area contributed by atoms with Crippen molar-refractivity contribution in [1.29, 1.82) is 0 Å². The van der Waals surface area contributed by atoms with Gasteiger partial charge in [-0.05, 0) is 50.4 Å². The van der Waals surface area contributed by atoms with Crippen LogP contribution in [0.15, 0.2) is 24.5 Å². The molecule has 1 rings (SSSR count). The van der Waals surface area contributed by atoms with Crippen molar-refractivity contribution in [3.63, 3.8) is 0 Å². The normalized spacial score (nSPS) is 12.6. The summed E-state index contributed by atoms with van der Waals surface area (Å²) in [6.07, 6.45) is 7.30. The molecule has 0 aliphatic heterocycles. The number of hydrogen-bond acceptors (Lipinski definition) is 3. The van der Waals surface area contributed by atoms with Crippen LogP contribution in [0.5, 0.6) is 0 Å². The molecule has 0 fully saturated rings. The van der Waals surface area contributed by atoms with Crippen LogP contribution in [0.1, 0.15) is 32.3 Å². The Labute approximate surface area is 105 Å². The van der Waals surface area contributed by atoms with Gasteiger partial charge in [0.15, 0.2) is 0 Å². The van der Waals surface area contributed by atoms with Crippen LogP contribution in [0.2, 0.25) is 0 Å². The summed E-state index contributed by atoms with van der Waals surface area (Å²) >= 11 is 0. The summed E-state index contributed by atoms with van der Waals surface area (Å²) in [6.45, 7) is 7.15. The van der Waals surface area contributed by atoms with E-state index >= 15 is 0 Å². The van der Waals surface area contributed by atoms with Crippen molar-refractivity contribution in [2.24, 2.45) is 0 Å². The number of pyridine rings is 1. The van der Waals surface area contributed by atoms with Crippen LogP contribution in [0.4, 0.5) is 0 Å². The number of aromatic nitrogens is 1. The molecule has 0 saturated carbocycles. The highest BCUT2D eigenvalue weighted by molar-refractivity contribution is 5.09. The maximum atomic E-state index is 5.73. The van der Waals surface area contributed by atoms with Gasteiger partial charge in [0.2, 0.25) is 0 Å². The Bertz CT molecular complexity index is 277. The monoisotopic (exact) mass is 236 g/mol. The fourth-order valence-corrected chi connectivity index (χ4v) is 1.65. The largest absolute Gasteiger partial charge is 0.377 e. The lowest BCUT2D eigenvalue weighted by Gasteiger charge is -2.13. The summed E-state index contributed by atoms with van der Waals surface area (Å²) in [7, 11) is 0. The minimum Gasteiger partial charge on any atom is -0.377 e. The average Bonchev–Trinajstić information content (AvgIpc) is 2.36. The summed E-state index contributed by atoms with van der Waals surface area (Å²) in [5.41, 5.74) is 1.33. The van der Waals surface area contributed by atoms with Crippen LogP contribution >= 0.6 is 0 Å². The van der Waals surface area contributed by atoms with Crippen LogP contribution < -0.4 is 5.32 Å². The van der Waals surface area contributed by atoms with Gasteiger partial charge in [-0.1, -0.05) is 6.92 Å². The van der Waals surface area contributed by atoms with Crippen molar-refractivity contribution in [3.8, 4) is 0 Å². The van der Waals surface area contributed by atoms with Crippen molar-refractivity contribution in [2.75, 3.05) is 19.7 Å². The lowest BCUT2D eigenvalue weighted by Crippen LogP contribution is -2.27. The fraction of sp³-hybridized carbons (Fsp3) is 0.643. The van der Waals surface area contributed by atoms with E-state index in [-0.39, 0.29) is 0 Å². The zero-order valence-corrected chi connectivity index (χ0v) is 11.0. The van der Waals surface area contributed by atoms with Crippen molar-refractivity contribution in [1.82, 2.24) is 10.3 Å². The zero-order valence-electron chi connectivity index (χ0n) is 11.0. The Balaban J connectivity index is 2.00. The van der Waals surface area contributed by atoms with E-state index in [0.29, 0.717) is 6.10 Å². The Morgan fingerprint density at radius 1 is 1.35 bits per heavy atom. The summed E-state index contributed by atoms with van der Waals surface area (Å²) in [5, 5.41) is 3.36. The van der Waals surface area contributed by atoms with Gasteiger partial charge in [-0.25, -0.2) is 0 Å². The summed E-state index contributed by atoms with van der Waals surface area (Å²) in [6, 6.07) is 4.12. The number of ether oxygens (including phenoxy) is 1. The lowest BCUT2D eigenvalue weighted by molar-refractivity contribution is 0.0645. The molecule has 0 radical (unpaired) electrons. The van der Waals surface area contributed by atoms with Gasteiger partial charge in [-0.15, -0.1) is 0 Å². The van der Waals surface area contributed by atoms with Gasteiger partial charge in [0.05, 0.1) is 6.10 Å². The second-order valence-electron chi connectivity index (χ2n) is 4.34. The third-order valence-electron chi connectivity index (χ3n) is 2.62. The van der Waals surface area contributed by atoms with Crippen LogP contribution in [0.25, 0.3) is 0 Å². The van der Waals surface area contributed by atoms with E-state index in [1.165, 1.54) is 12.0 Å².